The van der Waals surface area contributed by atoms with Gasteiger partial charge in [-0.05, 0) is 24.3 Å². The zero-order chi connectivity index (χ0) is 12.3. The first-order valence-corrected chi connectivity index (χ1v) is 5.02. The van der Waals surface area contributed by atoms with Crippen LogP contribution in [0, 0.1) is 0 Å². The Morgan fingerprint density at radius 1 is 1.24 bits per heavy atom. The highest BCUT2D eigenvalue weighted by Gasteiger charge is 2.07. The van der Waals surface area contributed by atoms with E-state index in [9.17, 15) is 4.79 Å². The molecule has 0 atom stereocenters. The third-order valence-corrected chi connectivity index (χ3v) is 2.12. The SMILES string of the molecule is O=C(O)c1cncc(Oc2ccc(Cl)cc2)n1. The number of ether oxygens (including phenoxy) is 1. The zero-order valence-corrected chi connectivity index (χ0v) is 9.26. The lowest BCUT2D eigenvalue weighted by Gasteiger charge is -2.04. The number of hydrogen-bond acceptors (Lipinski definition) is 4. The Balaban J connectivity index is 2.21. The molecular weight excluding hydrogens is 244 g/mol. The van der Waals surface area contributed by atoms with Gasteiger partial charge in [0.05, 0.1) is 12.4 Å². The summed E-state index contributed by atoms with van der Waals surface area (Å²) < 4.78 is 5.33. The second kappa shape index (κ2) is 4.80. The summed E-state index contributed by atoms with van der Waals surface area (Å²) in [5.41, 5.74) is -0.170. The van der Waals surface area contributed by atoms with Crippen molar-refractivity contribution in [2.45, 2.75) is 0 Å². The lowest BCUT2D eigenvalue weighted by atomic mass is 10.3. The molecule has 2 aromatic rings. The fourth-order valence-corrected chi connectivity index (χ4v) is 1.25. The van der Waals surface area contributed by atoms with Gasteiger partial charge in [0.1, 0.15) is 5.75 Å². The minimum atomic E-state index is -1.15. The molecule has 0 aliphatic carbocycles. The summed E-state index contributed by atoms with van der Waals surface area (Å²) in [6.45, 7) is 0. The highest BCUT2D eigenvalue weighted by Crippen LogP contribution is 2.20. The standard InChI is InChI=1S/C11H7ClN2O3/c12-7-1-3-8(4-2-7)17-10-6-13-5-9(14-10)11(15)16/h1-6H,(H,15,16). The van der Waals surface area contributed by atoms with Gasteiger partial charge >= 0.3 is 5.97 Å². The Morgan fingerprint density at radius 2 is 1.94 bits per heavy atom. The average molecular weight is 251 g/mol. The summed E-state index contributed by atoms with van der Waals surface area (Å²) in [5, 5.41) is 9.32. The van der Waals surface area contributed by atoms with Crippen molar-refractivity contribution in [2.24, 2.45) is 0 Å². The maximum absolute atomic E-state index is 10.7. The van der Waals surface area contributed by atoms with Crippen LogP contribution in [0.3, 0.4) is 0 Å². The molecule has 0 spiro atoms. The molecule has 0 aliphatic rings. The normalized spacial score (nSPS) is 9.94. The maximum atomic E-state index is 10.7. The van der Waals surface area contributed by atoms with Gasteiger partial charge in [0, 0.05) is 5.02 Å². The first-order valence-electron chi connectivity index (χ1n) is 4.64. The summed E-state index contributed by atoms with van der Waals surface area (Å²) in [7, 11) is 0. The lowest BCUT2D eigenvalue weighted by molar-refractivity contribution is 0.0689. The number of benzene rings is 1. The summed E-state index contributed by atoms with van der Waals surface area (Å²) >= 11 is 5.72. The number of halogens is 1. The molecule has 1 heterocycles. The van der Waals surface area contributed by atoms with Gasteiger partial charge in [0.25, 0.3) is 0 Å². The Labute approximate surface area is 102 Å². The van der Waals surface area contributed by atoms with Gasteiger partial charge < -0.3 is 9.84 Å². The van der Waals surface area contributed by atoms with Crippen molar-refractivity contribution in [3.8, 4) is 11.6 Å². The van der Waals surface area contributed by atoms with Gasteiger partial charge in [0.15, 0.2) is 5.69 Å². The van der Waals surface area contributed by atoms with E-state index >= 15 is 0 Å². The van der Waals surface area contributed by atoms with Crippen LogP contribution in [0.4, 0.5) is 0 Å². The van der Waals surface area contributed by atoms with Crippen LogP contribution in [0.25, 0.3) is 0 Å². The Bertz CT molecular complexity index is 543. The van der Waals surface area contributed by atoms with Crippen LogP contribution in [0.5, 0.6) is 11.6 Å². The number of nitrogens with zero attached hydrogens (tertiary/aromatic N) is 2. The predicted octanol–water partition coefficient (Wildman–Crippen LogP) is 2.62. The highest BCUT2D eigenvalue weighted by molar-refractivity contribution is 6.30. The molecule has 1 aromatic heterocycles. The Morgan fingerprint density at radius 3 is 2.59 bits per heavy atom. The fraction of sp³-hybridized carbons (Fsp3) is 0. The van der Waals surface area contributed by atoms with E-state index in [2.05, 4.69) is 9.97 Å². The molecule has 17 heavy (non-hydrogen) atoms. The number of carboxylic acid groups (broad SMARTS) is 1. The van der Waals surface area contributed by atoms with Crippen molar-refractivity contribution in [2.75, 3.05) is 0 Å². The van der Waals surface area contributed by atoms with E-state index < -0.39 is 5.97 Å². The molecule has 0 bridgehead atoms. The number of aromatic carboxylic acids is 1. The minimum absolute atomic E-state index is 0.118. The molecule has 6 heteroatoms. The van der Waals surface area contributed by atoms with Gasteiger partial charge in [-0.3, -0.25) is 4.98 Å². The van der Waals surface area contributed by atoms with Gasteiger partial charge in [0.2, 0.25) is 5.88 Å². The monoisotopic (exact) mass is 250 g/mol. The molecule has 5 nitrogen and oxygen atoms in total. The predicted molar refractivity (Wildman–Crippen MR) is 60.5 cm³/mol. The molecule has 0 saturated carbocycles. The van der Waals surface area contributed by atoms with Crippen LogP contribution < -0.4 is 4.74 Å². The number of hydrogen-bond donors (Lipinski definition) is 1. The molecule has 0 radical (unpaired) electrons. The van der Waals surface area contributed by atoms with Crippen molar-refractivity contribution in [3.05, 3.63) is 47.4 Å². The zero-order valence-electron chi connectivity index (χ0n) is 8.50. The molecule has 0 fully saturated rings. The number of carbonyl (C=O) groups is 1. The Kier molecular flexibility index (Phi) is 3.20. The first kappa shape index (κ1) is 11.3. The van der Waals surface area contributed by atoms with Crippen molar-refractivity contribution >= 4 is 17.6 Å². The van der Waals surface area contributed by atoms with E-state index in [1.54, 1.807) is 24.3 Å². The summed E-state index contributed by atoms with van der Waals surface area (Å²) in [5.74, 6) is -0.530. The van der Waals surface area contributed by atoms with E-state index in [0.29, 0.717) is 10.8 Å². The summed E-state index contributed by atoms with van der Waals surface area (Å²) in [6, 6.07) is 6.62. The van der Waals surface area contributed by atoms with Gasteiger partial charge in [-0.25, -0.2) is 9.78 Å². The van der Waals surface area contributed by atoms with E-state index in [-0.39, 0.29) is 11.6 Å². The molecule has 0 aliphatic heterocycles. The van der Waals surface area contributed by atoms with Crippen LogP contribution in [-0.2, 0) is 0 Å². The van der Waals surface area contributed by atoms with Crippen molar-refractivity contribution in [1.82, 2.24) is 9.97 Å². The molecule has 1 N–H and O–H groups in total. The van der Waals surface area contributed by atoms with Crippen LogP contribution in [0.2, 0.25) is 5.02 Å². The average Bonchev–Trinajstić information content (AvgIpc) is 2.32. The van der Waals surface area contributed by atoms with Crippen molar-refractivity contribution in [3.63, 3.8) is 0 Å². The maximum Gasteiger partial charge on any atom is 0.356 e. The Hall–Kier alpha value is -2.14. The molecule has 1 aromatic carbocycles. The fourth-order valence-electron chi connectivity index (χ4n) is 1.12. The second-order valence-electron chi connectivity index (χ2n) is 3.10. The molecule has 0 saturated heterocycles. The smallest absolute Gasteiger partial charge is 0.356 e. The van der Waals surface area contributed by atoms with Crippen LogP contribution >= 0.6 is 11.6 Å². The summed E-state index contributed by atoms with van der Waals surface area (Å²) in [4.78, 5) is 18.2. The van der Waals surface area contributed by atoms with Crippen LogP contribution in [0.1, 0.15) is 10.5 Å². The number of aromatic nitrogens is 2. The van der Waals surface area contributed by atoms with E-state index in [1.165, 1.54) is 6.20 Å². The van der Waals surface area contributed by atoms with Gasteiger partial charge in [-0.15, -0.1) is 0 Å². The minimum Gasteiger partial charge on any atom is -0.476 e. The third-order valence-electron chi connectivity index (χ3n) is 1.87. The lowest BCUT2D eigenvalue weighted by Crippen LogP contribution is -2.02. The number of rotatable bonds is 3. The topological polar surface area (TPSA) is 72.3 Å². The largest absolute Gasteiger partial charge is 0.476 e. The third kappa shape index (κ3) is 2.92. The van der Waals surface area contributed by atoms with E-state index in [1.807, 2.05) is 0 Å². The highest BCUT2D eigenvalue weighted by atomic mass is 35.5. The molecule has 0 amide bonds. The number of carboxylic acids is 1. The second-order valence-corrected chi connectivity index (χ2v) is 3.54. The van der Waals surface area contributed by atoms with Crippen LogP contribution in [0.15, 0.2) is 36.7 Å². The van der Waals surface area contributed by atoms with Gasteiger partial charge in [-0.2, -0.15) is 0 Å². The van der Waals surface area contributed by atoms with Crippen LogP contribution in [-0.4, -0.2) is 21.0 Å². The van der Waals surface area contributed by atoms with E-state index in [0.717, 1.165) is 6.20 Å². The van der Waals surface area contributed by atoms with Crippen molar-refractivity contribution < 1.29 is 14.6 Å². The quantitative estimate of drug-likeness (QED) is 0.907. The molecule has 2 rings (SSSR count). The summed E-state index contributed by atoms with van der Waals surface area (Å²) in [6.07, 6.45) is 2.48. The molecular formula is C11H7ClN2O3. The van der Waals surface area contributed by atoms with Gasteiger partial charge in [-0.1, -0.05) is 11.6 Å². The first-order chi connectivity index (χ1) is 8.15. The molecule has 0 unspecified atom stereocenters. The molecule has 86 valence electrons. The van der Waals surface area contributed by atoms with Crippen molar-refractivity contribution in [1.29, 1.82) is 0 Å². The van der Waals surface area contributed by atoms with E-state index in [4.69, 9.17) is 21.4 Å².